The molecule has 0 saturated heterocycles. The van der Waals surface area contributed by atoms with Crippen molar-refractivity contribution < 1.29 is 4.79 Å². The molecule has 0 spiro atoms. The van der Waals surface area contributed by atoms with Gasteiger partial charge < -0.3 is 9.47 Å². The van der Waals surface area contributed by atoms with E-state index in [0.29, 0.717) is 0 Å². The van der Waals surface area contributed by atoms with E-state index in [4.69, 9.17) is 0 Å². The van der Waals surface area contributed by atoms with Crippen molar-refractivity contribution >= 4 is 22.5 Å². The number of anilines is 1. The molecule has 0 aliphatic carbocycles. The molecular formula is C19H18N2O. The number of amides is 1. The van der Waals surface area contributed by atoms with Crippen molar-refractivity contribution in [2.24, 2.45) is 7.05 Å². The number of aromatic nitrogens is 1. The molecule has 1 aromatic heterocycles. The molecular weight excluding hydrogens is 272 g/mol. The lowest BCUT2D eigenvalue weighted by atomic mass is 9.77. The predicted molar refractivity (Wildman–Crippen MR) is 89.2 cm³/mol. The number of rotatable bonds is 1. The van der Waals surface area contributed by atoms with E-state index in [9.17, 15) is 4.79 Å². The number of hydrogen-bond donors (Lipinski definition) is 0. The molecule has 3 nitrogen and oxygen atoms in total. The van der Waals surface area contributed by atoms with Gasteiger partial charge in [0.1, 0.15) is 5.41 Å². The molecule has 110 valence electrons. The van der Waals surface area contributed by atoms with E-state index in [1.54, 1.807) is 4.90 Å². The summed E-state index contributed by atoms with van der Waals surface area (Å²) in [4.78, 5) is 14.8. The Bertz CT molecular complexity index is 909. The summed E-state index contributed by atoms with van der Waals surface area (Å²) in [6, 6.07) is 16.3. The van der Waals surface area contributed by atoms with Gasteiger partial charge in [0.25, 0.3) is 0 Å². The van der Waals surface area contributed by atoms with Crippen molar-refractivity contribution in [2.45, 2.75) is 12.3 Å². The molecule has 2 aromatic carbocycles. The minimum absolute atomic E-state index is 0.130. The number of para-hydroxylation sites is 2. The number of nitrogens with zero attached hydrogens (tertiary/aromatic N) is 2. The average Bonchev–Trinajstić information content (AvgIpc) is 2.99. The number of likely N-dealkylation sites (N-methyl/N-ethyl adjacent to an activating group) is 1. The van der Waals surface area contributed by atoms with E-state index < -0.39 is 5.41 Å². The minimum atomic E-state index is -0.633. The number of fused-ring (bicyclic) bond motifs is 2. The highest BCUT2D eigenvalue weighted by atomic mass is 16.2. The van der Waals surface area contributed by atoms with Crippen LogP contribution in [0.3, 0.4) is 0 Å². The topological polar surface area (TPSA) is 25.2 Å². The van der Waals surface area contributed by atoms with Gasteiger partial charge in [-0.2, -0.15) is 0 Å². The normalized spacial score (nSPS) is 20.7. The Labute approximate surface area is 129 Å². The molecule has 0 bridgehead atoms. The molecule has 3 aromatic rings. The largest absolute Gasteiger partial charge is 0.350 e. The minimum Gasteiger partial charge on any atom is -0.350 e. The average molecular weight is 290 g/mol. The third-order valence-electron chi connectivity index (χ3n) is 4.97. The van der Waals surface area contributed by atoms with Crippen molar-refractivity contribution in [3.8, 4) is 0 Å². The molecule has 0 fully saturated rings. The first-order valence-electron chi connectivity index (χ1n) is 7.47. The predicted octanol–water partition coefficient (Wildman–Crippen LogP) is 3.46. The summed E-state index contributed by atoms with van der Waals surface area (Å²) in [5, 5.41) is 1.14. The fourth-order valence-electron chi connectivity index (χ4n) is 3.75. The van der Waals surface area contributed by atoms with Crippen LogP contribution in [0.5, 0.6) is 0 Å². The summed E-state index contributed by atoms with van der Waals surface area (Å²) in [5.74, 6) is 0.130. The molecule has 1 unspecified atom stereocenters. The van der Waals surface area contributed by atoms with Crippen LogP contribution >= 0.6 is 0 Å². The molecule has 2 heterocycles. The number of carbonyl (C=O) groups excluding carboxylic acids is 1. The van der Waals surface area contributed by atoms with Crippen LogP contribution in [-0.2, 0) is 17.3 Å². The quantitative estimate of drug-likeness (QED) is 0.674. The molecule has 4 rings (SSSR count). The standard InChI is InChI=1S/C19H18N2O/c1-19(14-9-5-7-11-17(14)21(3)18(19)22)15-12-20(2)16-10-6-4-8-13(15)16/h4-12H,1-3H3. The first-order valence-corrected chi connectivity index (χ1v) is 7.47. The van der Waals surface area contributed by atoms with Crippen molar-refractivity contribution in [3.63, 3.8) is 0 Å². The van der Waals surface area contributed by atoms with Gasteiger partial charge in [0.15, 0.2) is 0 Å². The molecule has 0 radical (unpaired) electrons. The second-order valence-electron chi connectivity index (χ2n) is 6.18. The molecule has 0 saturated carbocycles. The fraction of sp³-hybridized carbons (Fsp3) is 0.211. The molecule has 3 heteroatoms. The smallest absolute Gasteiger partial charge is 0.241 e. The fourth-order valence-corrected chi connectivity index (χ4v) is 3.75. The Hall–Kier alpha value is -2.55. The van der Waals surface area contributed by atoms with Crippen molar-refractivity contribution in [1.29, 1.82) is 0 Å². The van der Waals surface area contributed by atoms with Gasteiger partial charge >= 0.3 is 0 Å². The van der Waals surface area contributed by atoms with Gasteiger partial charge in [-0.3, -0.25) is 4.79 Å². The number of aryl methyl sites for hydroxylation is 1. The molecule has 1 atom stereocenters. The van der Waals surface area contributed by atoms with Gasteiger partial charge in [-0.25, -0.2) is 0 Å². The number of carbonyl (C=O) groups is 1. The van der Waals surface area contributed by atoms with Crippen LogP contribution in [0, 0.1) is 0 Å². The molecule has 22 heavy (non-hydrogen) atoms. The summed E-state index contributed by atoms with van der Waals surface area (Å²) in [7, 11) is 3.89. The first kappa shape index (κ1) is 13.1. The van der Waals surface area contributed by atoms with Gasteiger partial charge in [0, 0.05) is 36.9 Å². The van der Waals surface area contributed by atoms with Crippen molar-refractivity contribution in [2.75, 3.05) is 11.9 Å². The highest BCUT2D eigenvalue weighted by Crippen LogP contribution is 2.47. The van der Waals surface area contributed by atoms with E-state index in [2.05, 4.69) is 29.0 Å². The Kier molecular flexibility index (Phi) is 2.52. The monoisotopic (exact) mass is 290 g/mol. The maximum atomic E-state index is 13.1. The summed E-state index contributed by atoms with van der Waals surface area (Å²) >= 11 is 0. The van der Waals surface area contributed by atoms with Crippen LogP contribution in [0.2, 0.25) is 0 Å². The zero-order chi connectivity index (χ0) is 15.5. The van der Waals surface area contributed by atoms with Crippen LogP contribution < -0.4 is 4.90 Å². The van der Waals surface area contributed by atoms with Gasteiger partial charge in [-0.1, -0.05) is 36.4 Å². The van der Waals surface area contributed by atoms with Crippen LogP contribution in [0.25, 0.3) is 10.9 Å². The summed E-state index contributed by atoms with van der Waals surface area (Å²) in [6.45, 7) is 2.04. The van der Waals surface area contributed by atoms with Crippen molar-refractivity contribution in [1.82, 2.24) is 4.57 Å². The van der Waals surface area contributed by atoms with E-state index in [1.807, 2.05) is 51.4 Å². The maximum absolute atomic E-state index is 13.1. The van der Waals surface area contributed by atoms with Crippen LogP contribution in [0.15, 0.2) is 54.7 Å². The Morgan fingerprint density at radius 1 is 0.909 bits per heavy atom. The van der Waals surface area contributed by atoms with Crippen LogP contribution in [-0.4, -0.2) is 17.5 Å². The lowest BCUT2D eigenvalue weighted by Gasteiger charge is -2.23. The highest BCUT2D eigenvalue weighted by Gasteiger charge is 2.48. The molecule has 1 amide bonds. The summed E-state index contributed by atoms with van der Waals surface area (Å²) in [5.41, 5.74) is 3.68. The molecule has 1 aliphatic rings. The maximum Gasteiger partial charge on any atom is 0.241 e. The third kappa shape index (κ3) is 1.43. The molecule has 1 aliphatic heterocycles. The lowest BCUT2D eigenvalue weighted by Crippen LogP contribution is -2.36. The number of benzene rings is 2. The van der Waals surface area contributed by atoms with Gasteiger partial charge in [-0.15, -0.1) is 0 Å². The van der Waals surface area contributed by atoms with Crippen LogP contribution in [0.1, 0.15) is 18.1 Å². The van der Waals surface area contributed by atoms with Crippen molar-refractivity contribution in [3.05, 3.63) is 65.9 Å². The van der Waals surface area contributed by atoms with Gasteiger partial charge in [0.2, 0.25) is 5.91 Å². The Balaban J connectivity index is 2.08. The Morgan fingerprint density at radius 2 is 1.59 bits per heavy atom. The Morgan fingerprint density at radius 3 is 2.41 bits per heavy atom. The van der Waals surface area contributed by atoms with E-state index in [0.717, 1.165) is 27.7 Å². The third-order valence-corrected chi connectivity index (χ3v) is 4.97. The second-order valence-corrected chi connectivity index (χ2v) is 6.18. The highest BCUT2D eigenvalue weighted by molar-refractivity contribution is 6.11. The van der Waals surface area contributed by atoms with E-state index in [1.165, 1.54) is 0 Å². The zero-order valence-electron chi connectivity index (χ0n) is 13.0. The van der Waals surface area contributed by atoms with Gasteiger partial charge in [0.05, 0.1) is 0 Å². The zero-order valence-corrected chi connectivity index (χ0v) is 13.0. The van der Waals surface area contributed by atoms with Crippen LogP contribution in [0.4, 0.5) is 5.69 Å². The number of hydrogen-bond acceptors (Lipinski definition) is 1. The van der Waals surface area contributed by atoms with Gasteiger partial charge in [-0.05, 0) is 30.2 Å². The van der Waals surface area contributed by atoms with E-state index >= 15 is 0 Å². The first-order chi connectivity index (χ1) is 10.5. The summed E-state index contributed by atoms with van der Waals surface area (Å²) in [6.07, 6.45) is 2.10. The SMILES string of the molecule is CN1C(=O)C(C)(c2cn(C)c3ccccc23)c2ccccc21. The summed E-state index contributed by atoms with van der Waals surface area (Å²) < 4.78 is 2.10. The van der Waals surface area contributed by atoms with E-state index in [-0.39, 0.29) is 5.91 Å². The molecule has 0 N–H and O–H groups in total. The lowest BCUT2D eigenvalue weighted by molar-refractivity contribution is -0.121. The second kappa shape index (κ2) is 4.23.